The van der Waals surface area contributed by atoms with Crippen molar-refractivity contribution in [1.82, 2.24) is 10.5 Å². The summed E-state index contributed by atoms with van der Waals surface area (Å²) in [7, 11) is 0. The molecule has 0 aliphatic carbocycles. The number of aryl methyl sites for hydroxylation is 1. The first-order valence-corrected chi connectivity index (χ1v) is 5.29. The van der Waals surface area contributed by atoms with E-state index in [2.05, 4.69) is 10.5 Å². The summed E-state index contributed by atoms with van der Waals surface area (Å²) in [4.78, 5) is 0. The summed E-state index contributed by atoms with van der Waals surface area (Å²) >= 11 is 0. The van der Waals surface area contributed by atoms with Gasteiger partial charge in [-0.3, -0.25) is 0 Å². The number of nitrogens with zero attached hydrogens (tertiary/aromatic N) is 1. The fourth-order valence-electron chi connectivity index (χ4n) is 1.52. The number of rotatable bonds is 4. The Kier molecular flexibility index (Phi) is 3.30. The summed E-state index contributed by atoms with van der Waals surface area (Å²) < 4.78 is 5.04. The third kappa shape index (κ3) is 2.98. The molecule has 5 nitrogen and oxygen atoms in total. The molecule has 17 heavy (non-hydrogen) atoms. The number of phenolic OH excluding ortho intramolecular Hbond substituents is 2. The lowest BCUT2D eigenvalue weighted by Gasteiger charge is -2.05. The second-order valence-corrected chi connectivity index (χ2v) is 3.85. The topological polar surface area (TPSA) is 78.5 Å². The molecule has 0 unspecified atom stereocenters. The molecule has 1 aromatic heterocycles. The molecular weight excluding hydrogens is 220 g/mol. The molecule has 0 fully saturated rings. The maximum absolute atomic E-state index is 9.56. The minimum Gasteiger partial charge on any atom is -0.508 e. The average molecular weight is 234 g/mol. The smallest absolute Gasteiger partial charge is 0.150 e. The van der Waals surface area contributed by atoms with Crippen LogP contribution in [0.4, 0.5) is 0 Å². The molecule has 0 saturated heterocycles. The van der Waals surface area contributed by atoms with Gasteiger partial charge in [-0.1, -0.05) is 11.2 Å². The second kappa shape index (κ2) is 4.88. The monoisotopic (exact) mass is 234 g/mol. The molecule has 0 amide bonds. The van der Waals surface area contributed by atoms with E-state index < -0.39 is 0 Å². The highest BCUT2D eigenvalue weighted by Crippen LogP contribution is 2.22. The molecule has 0 saturated carbocycles. The van der Waals surface area contributed by atoms with Crippen LogP contribution in [0.2, 0.25) is 0 Å². The summed E-state index contributed by atoms with van der Waals surface area (Å²) in [5.41, 5.74) is 1.56. The number of benzene rings is 1. The number of aromatic nitrogens is 1. The van der Waals surface area contributed by atoms with Gasteiger partial charge in [-0.25, -0.2) is 0 Å². The molecule has 90 valence electrons. The third-order valence-corrected chi connectivity index (χ3v) is 2.36. The van der Waals surface area contributed by atoms with Gasteiger partial charge in [0.2, 0.25) is 0 Å². The molecule has 1 heterocycles. The zero-order chi connectivity index (χ0) is 12.3. The van der Waals surface area contributed by atoms with Crippen LogP contribution in [0.25, 0.3) is 0 Å². The summed E-state index contributed by atoms with van der Waals surface area (Å²) in [6, 6.07) is 6.37. The van der Waals surface area contributed by atoms with Crippen LogP contribution in [0.5, 0.6) is 11.5 Å². The lowest BCUT2D eigenvalue weighted by atomic mass is 10.2. The Bertz CT molecular complexity index is 508. The van der Waals surface area contributed by atoms with Crippen molar-refractivity contribution < 1.29 is 14.7 Å². The van der Waals surface area contributed by atoms with E-state index in [4.69, 9.17) is 9.63 Å². The first-order chi connectivity index (χ1) is 8.15. The fourth-order valence-corrected chi connectivity index (χ4v) is 1.52. The van der Waals surface area contributed by atoms with E-state index in [1.165, 1.54) is 12.1 Å². The van der Waals surface area contributed by atoms with Crippen molar-refractivity contribution in [2.75, 3.05) is 0 Å². The number of hydrogen-bond acceptors (Lipinski definition) is 5. The average Bonchev–Trinajstić information content (AvgIpc) is 2.68. The van der Waals surface area contributed by atoms with E-state index in [0.29, 0.717) is 13.1 Å². The number of nitrogens with one attached hydrogen (secondary N) is 1. The Morgan fingerprint density at radius 2 is 2.06 bits per heavy atom. The highest BCUT2D eigenvalue weighted by Gasteiger charge is 2.03. The maximum Gasteiger partial charge on any atom is 0.150 e. The van der Waals surface area contributed by atoms with E-state index >= 15 is 0 Å². The van der Waals surface area contributed by atoms with Crippen LogP contribution in [-0.4, -0.2) is 15.4 Å². The van der Waals surface area contributed by atoms with Gasteiger partial charge in [0.25, 0.3) is 0 Å². The molecule has 0 aliphatic rings. The molecule has 2 rings (SSSR count). The van der Waals surface area contributed by atoms with Crippen LogP contribution in [0.3, 0.4) is 0 Å². The van der Waals surface area contributed by atoms with E-state index in [-0.39, 0.29) is 11.5 Å². The molecule has 0 bridgehead atoms. The van der Waals surface area contributed by atoms with Crippen molar-refractivity contribution in [3.05, 3.63) is 41.3 Å². The molecular formula is C12H14N2O3. The van der Waals surface area contributed by atoms with Crippen molar-refractivity contribution in [1.29, 1.82) is 0 Å². The van der Waals surface area contributed by atoms with Crippen LogP contribution >= 0.6 is 0 Å². The maximum atomic E-state index is 9.56. The van der Waals surface area contributed by atoms with E-state index in [1.54, 1.807) is 6.07 Å². The predicted molar refractivity (Wildman–Crippen MR) is 61.6 cm³/mol. The minimum absolute atomic E-state index is 0.0529. The summed E-state index contributed by atoms with van der Waals surface area (Å²) in [5.74, 6) is 0.879. The van der Waals surface area contributed by atoms with Crippen LogP contribution in [0.15, 0.2) is 28.8 Å². The van der Waals surface area contributed by atoms with Gasteiger partial charge in [-0.2, -0.15) is 0 Å². The Balaban J connectivity index is 1.90. The Hall–Kier alpha value is -2.01. The zero-order valence-electron chi connectivity index (χ0n) is 9.47. The fraction of sp³-hybridized carbons (Fsp3) is 0.250. The minimum atomic E-state index is 0.0529. The highest BCUT2D eigenvalue weighted by molar-refractivity contribution is 5.38. The molecule has 0 spiro atoms. The van der Waals surface area contributed by atoms with Gasteiger partial charge in [0.1, 0.15) is 11.5 Å². The SMILES string of the molecule is Cc1cc(CNCc2ccc(O)cc2O)on1. The number of hydrogen-bond donors (Lipinski definition) is 3. The van der Waals surface area contributed by atoms with Gasteiger partial charge in [-0.15, -0.1) is 0 Å². The van der Waals surface area contributed by atoms with Crippen LogP contribution < -0.4 is 5.32 Å². The normalized spacial score (nSPS) is 10.6. The molecule has 1 aromatic carbocycles. The van der Waals surface area contributed by atoms with Gasteiger partial charge in [0.05, 0.1) is 12.2 Å². The zero-order valence-corrected chi connectivity index (χ0v) is 9.47. The van der Waals surface area contributed by atoms with Gasteiger partial charge in [-0.05, 0) is 13.0 Å². The standard InChI is InChI=1S/C12H14N2O3/c1-8-4-11(17-14-8)7-13-6-9-2-3-10(15)5-12(9)16/h2-5,13,15-16H,6-7H2,1H3. The third-order valence-electron chi connectivity index (χ3n) is 2.36. The summed E-state index contributed by atoms with van der Waals surface area (Å²) in [6.07, 6.45) is 0. The van der Waals surface area contributed by atoms with Crippen molar-refractivity contribution in [2.24, 2.45) is 0 Å². The first kappa shape index (κ1) is 11.5. The van der Waals surface area contributed by atoms with E-state index in [1.807, 2.05) is 13.0 Å². The quantitative estimate of drug-likeness (QED) is 0.750. The van der Waals surface area contributed by atoms with Crippen molar-refractivity contribution in [2.45, 2.75) is 20.0 Å². The second-order valence-electron chi connectivity index (χ2n) is 3.85. The highest BCUT2D eigenvalue weighted by atomic mass is 16.5. The van der Waals surface area contributed by atoms with Gasteiger partial charge < -0.3 is 20.1 Å². The van der Waals surface area contributed by atoms with Crippen molar-refractivity contribution >= 4 is 0 Å². The number of aromatic hydroxyl groups is 2. The predicted octanol–water partition coefficient (Wildman–Crippen LogP) is 1.68. The van der Waals surface area contributed by atoms with Crippen molar-refractivity contribution in [3.8, 4) is 11.5 Å². The largest absolute Gasteiger partial charge is 0.508 e. The van der Waals surface area contributed by atoms with Crippen molar-refractivity contribution in [3.63, 3.8) is 0 Å². The molecule has 3 N–H and O–H groups in total. The Labute approximate surface area is 98.7 Å². The van der Waals surface area contributed by atoms with Gasteiger partial charge >= 0.3 is 0 Å². The molecule has 0 aliphatic heterocycles. The van der Waals surface area contributed by atoms with Crippen LogP contribution in [0, 0.1) is 6.92 Å². The molecule has 5 heteroatoms. The van der Waals surface area contributed by atoms with Gasteiger partial charge in [0, 0.05) is 24.2 Å². The lowest BCUT2D eigenvalue weighted by Crippen LogP contribution is -2.12. The Morgan fingerprint density at radius 1 is 1.24 bits per heavy atom. The van der Waals surface area contributed by atoms with E-state index in [9.17, 15) is 5.11 Å². The van der Waals surface area contributed by atoms with Gasteiger partial charge in [0.15, 0.2) is 5.76 Å². The number of phenols is 2. The molecule has 0 atom stereocenters. The summed E-state index contributed by atoms with van der Waals surface area (Å²) in [5, 5.41) is 25.6. The lowest BCUT2D eigenvalue weighted by molar-refractivity contribution is 0.368. The van der Waals surface area contributed by atoms with Crippen LogP contribution in [0.1, 0.15) is 17.0 Å². The Morgan fingerprint density at radius 3 is 2.71 bits per heavy atom. The molecule has 0 radical (unpaired) electrons. The van der Waals surface area contributed by atoms with E-state index in [0.717, 1.165) is 17.0 Å². The first-order valence-electron chi connectivity index (χ1n) is 5.29. The molecule has 2 aromatic rings. The summed E-state index contributed by atoms with van der Waals surface area (Å²) in [6.45, 7) is 2.89. The van der Waals surface area contributed by atoms with Crippen LogP contribution in [-0.2, 0) is 13.1 Å².